The van der Waals surface area contributed by atoms with E-state index in [1.165, 1.54) is 35.1 Å². The Bertz CT molecular complexity index is 3770. The van der Waals surface area contributed by atoms with E-state index in [-0.39, 0.29) is 22.0 Å². The lowest BCUT2D eigenvalue weighted by Gasteiger charge is -2.34. The fourth-order valence-corrected chi connectivity index (χ4v) is 17.1. The first kappa shape index (κ1) is 65.9. The molecule has 88 heavy (non-hydrogen) atoms. The summed E-state index contributed by atoms with van der Waals surface area (Å²) in [5.74, 6) is 1.90. The molecule has 1 N–H and O–H groups in total. The number of likely N-dealkylation sites (N-methyl/N-ethyl adjacent to an activating group) is 1. The van der Waals surface area contributed by atoms with Crippen LogP contribution < -0.4 is 24.6 Å². The predicted molar refractivity (Wildman–Crippen MR) is 333 cm³/mol. The lowest BCUT2D eigenvalue weighted by molar-refractivity contribution is -0.0539. The minimum Gasteiger partial charge on any atom is -0.481 e. The van der Waals surface area contributed by atoms with Crippen LogP contribution in [0.1, 0.15) is 71.5 Å². The minimum absolute atomic E-state index is 0.0787. The van der Waals surface area contributed by atoms with Gasteiger partial charge < -0.3 is 39.0 Å². The van der Waals surface area contributed by atoms with Crippen molar-refractivity contribution in [2.45, 2.75) is 94.0 Å². The average Bonchev–Trinajstić information content (AvgIpc) is 1.92. The fraction of sp³-hybridized carbons (Fsp3) is 0.614. The van der Waals surface area contributed by atoms with Crippen LogP contribution in [0.4, 0.5) is 25.1 Å². The molecular formula is C57H77F3N12O11S5. The highest BCUT2D eigenvalue weighted by molar-refractivity contribution is 7.91. The van der Waals surface area contributed by atoms with Crippen LogP contribution in [0.2, 0.25) is 0 Å². The number of piperazine rings is 2. The Hall–Kier alpha value is -5.06. The normalized spacial score (nSPS) is 18.7. The molecule has 0 unspecified atom stereocenters. The van der Waals surface area contributed by atoms with E-state index in [2.05, 4.69) is 64.7 Å². The standard InChI is InChI=1S/C28H38N6O4S2.C26H34N6O4S2.C3H5F3O3S/c1-4-32-7-9-33(10-8-32)17-23-19(2)39-26-24(30-28(31-25(23)26)34-11-13-38-14-12-34)20-15-21(27(37-3)29-16-20)18-40(35,36)22-5-6-22;1-17-21(15-31-7-5-27-6-8-31)23-24(37-17)22(29-26(30-23)32-9-11-36-12-10-32)18-13-19(25(35-2)28-14-18)16-38(33,34)20-3-4-20;1-2-9-10(7,8)3(4,5)6/h15-16,22H,4-14,17-18H2,1-3H3;13-14,20,27H,3-12,15-16H2,1-2H3;2H2,1H3. The second kappa shape index (κ2) is 28.2. The third kappa shape index (κ3) is 15.6. The number of nitrogens with one attached hydrogen (secondary N) is 1. The largest absolute Gasteiger partial charge is 0.523 e. The molecule has 23 nitrogen and oxygen atoms in total. The van der Waals surface area contributed by atoms with Gasteiger partial charge in [0.2, 0.25) is 23.7 Å². The van der Waals surface area contributed by atoms with Gasteiger partial charge in [0.05, 0.1) is 101 Å². The number of sulfone groups is 2. The predicted octanol–water partition coefficient (Wildman–Crippen LogP) is 6.38. The highest BCUT2D eigenvalue weighted by Gasteiger charge is 2.47. The summed E-state index contributed by atoms with van der Waals surface area (Å²) >= 11 is 3.41. The monoisotopic (exact) mass is 1320 g/mol. The van der Waals surface area contributed by atoms with E-state index in [0.29, 0.717) is 61.2 Å². The molecule has 0 spiro atoms. The molecular weight excluding hydrogens is 1250 g/mol. The van der Waals surface area contributed by atoms with E-state index in [4.69, 9.17) is 38.9 Å². The zero-order chi connectivity index (χ0) is 62.5. The van der Waals surface area contributed by atoms with E-state index in [1.807, 2.05) is 12.1 Å². The summed E-state index contributed by atoms with van der Waals surface area (Å²) in [4.78, 5) is 43.7. The Labute approximate surface area is 520 Å². The number of thiophene rings is 2. The van der Waals surface area contributed by atoms with Crippen LogP contribution in [0.5, 0.6) is 11.8 Å². The number of anilines is 2. The molecule has 482 valence electrons. The maximum absolute atomic E-state index is 12.9. The molecule has 31 heteroatoms. The van der Waals surface area contributed by atoms with Crippen LogP contribution in [0.15, 0.2) is 24.5 Å². The first-order chi connectivity index (χ1) is 42.1. The number of aromatic nitrogens is 6. The third-order valence-corrected chi connectivity index (χ3v) is 24.0. The van der Waals surface area contributed by atoms with Gasteiger partial charge in [-0.25, -0.2) is 46.7 Å². The van der Waals surface area contributed by atoms with Gasteiger partial charge in [0.1, 0.15) is 0 Å². The molecule has 6 aliphatic rings. The molecule has 0 aromatic carbocycles. The fourth-order valence-electron chi connectivity index (χ4n) is 11.0. The summed E-state index contributed by atoms with van der Waals surface area (Å²) in [7, 11) is -8.78. The summed E-state index contributed by atoms with van der Waals surface area (Å²) in [5, 5.41) is 2.93. The van der Waals surface area contributed by atoms with E-state index in [9.17, 15) is 38.4 Å². The molecule has 4 aliphatic heterocycles. The van der Waals surface area contributed by atoms with Gasteiger partial charge in [0.15, 0.2) is 19.7 Å². The lowest BCUT2D eigenvalue weighted by Crippen LogP contribution is -2.45. The van der Waals surface area contributed by atoms with Crippen molar-refractivity contribution < 1.29 is 61.6 Å². The summed E-state index contributed by atoms with van der Waals surface area (Å²) in [6.07, 6.45) is 6.42. The van der Waals surface area contributed by atoms with Crippen molar-refractivity contribution in [3.8, 4) is 34.3 Å². The number of hydrogen-bond acceptors (Lipinski definition) is 25. The number of methoxy groups -OCH3 is 2. The summed E-state index contributed by atoms with van der Waals surface area (Å²) in [6.45, 7) is 23.7. The Morgan fingerprint density at radius 2 is 1.01 bits per heavy atom. The number of alkyl halides is 3. The number of nitrogens with zero attached hydrogens (tertiary/aromatic N) is 11. The van der Waals surface area contributed by atoms with Crippen molar-refractivity contribution in [3.63, 3.8) is 0 Å². The van der Waals surface area contributed by atoms with E-state index in [0.717, 1.165) is 174 Å². The van der Waals surface area contributed by atoms with Gasteiger partial charge in [-0.1, -0.05) is 6.92 Å². The van der Waals surface area contributed by atoms with Gasteiger partial charge in [-0.15, -0.1) is 22.7 Å². The summed E-state index contributed by atoms with van der Waals surface area (Å²) < 4.78 is 133. The zero-order valence-electron chi connectivity index (χ0n) is 50.4. The van der Waals surface area contributed by atoms with Gasteiger partial charge in [0, 0.05) is 147 Å². The van der Waals surface area contributed by atoms with Crippen molar-refractivity contribution in [1.82, 2.24) is 49.9 Å². The summed E-state index contributed by atoms with van der Waals surface area (Å²) in [5.41, 5.74) is 3.44. The summed E-state index contributed by atoms with van der Waals surface area (Å²) in [6, 6.07) is 3.79. The van der Waals surface area contributed by atoms with E-state index < -0.39 is 41.9 Å². The second-order valence-electron chi connectivity index (χ2n) is 22.4. The van der Waals surface area contributed by atoms with Crippen LogP contribution in [0, 0.1) is 13.8 Å². The minimum atomic E-state index is -5.35. The Kier molecular flexibility index (Phi) is 21.1. The number of halogens is 3. The number of ether oxygens (including phenoxy) is 4. The van der Waals surface area contributed by atoms with Gasteiger partial charge in [-0.3, -0.25) is 14.0 Å². The molecule has 10 heterocycles. The molecule has 0 bridgehead atoms. The number of morpholine rings is 2. The van der Waals surface area contributed by atoms with Gasteiger partial charge in [0.25, 0.3) is 0 Å². The maximum atomic E-state index is 12.9. The molecule has 0 radical (unpaired) electrons. The maximum Gasteiger partial charge on any atom is 0.523 e. The van der Waals surface area contributed by atoms with Crippen molar-refractivity contribution in [2.75, 3.05) is 142 Å². The number of fused-ring (bicyclic) bond motifs is 2. The van der Waals surface area contributed by atoms with Crippen molar-refractivity contribution in [3.05, 3.63) is 56.5 Å². The van der Waals surface area contributed by atoms with Crippen LogP contribution in [-0.4, -0.2) is 218 Å². The highest BCUT2D eigenvalue weighted by Crippen LogP contribution is 2.42. The zero-order valence-corrected chi connectivity index (χ0v) is 54.5. The van der Waals surface area contributed by atoms with E-state index in [1.54, 1.807) is 35.1 Å². The molecule has 6 aromatic heterocycles. The second-order valence-corrected chi connectivity index (χ2v) is 31.0. The molecule has 4 saturated heterocycles. The van der Waals surface area contributed by atoms with Crippen LogP contribution in [0.3, 0.4) is 0 Å². The topological polar surface area (TPSA) is 254 Å². The van der Waals surface area contributed by atoms with Gasteiger partial charge in [-0.05, 0) is 65.1 Å². The van der Waals surface area contributed by atoms with Gasteiger partial charge >= 0.3 is 15.6 Å². The number of hydrogen-bond donors (Lipinski definition) is 1. The smallest absolute Gasteiger partial charge is 0.481 e. The third-order valence-electron chi connectivity index (χ3n) is 16.2. The number of rotatable bonds is 19. The molecule has 2 saturated carbocycles. The first-order valence-electron chi connectivity index (χ1n) is 29.7. The van der Waals surface area contributed by atoms with Crippen molar-refractivity contribution >= 4 is 84.8 Å². The quantitative estimate of drug-likeness (QED) is 0.0681. The highest BCUT2D eigenvalue weighted by atomic mass is 32.2. The SMILES string of the molecule is CCN1CCN(Cc2c(C)sc3c(-c4cnc(OC)c(CS(=O)(=O)C5CC5)c4)nc(N4CCOCC4)nc23)CC1.CCOS(=O)(=O)C(F)(F)F.COc1ncc(-c2nc(N3CCOCC3)nc3c(CN4CCNCC4)c(C)sc23)cc1CS(=O)(=O)C1CC1. The molecule has 0 atom stereocenters. The molecule has 12 rings (SSSR count). The van der Waals surface area contributed by atoms with Gasteiger partial charge in [-0.2, -0.15) is 21.6 Å². The van der Waals surface area contributed by atoms with Crippen LogP contribution >= 0.6 is 22.7 Å². The first-order valence-corrected chi connectivity index (χ1v) is 36.2. The molecule has 6 fully saturated rings. The van der Waals surface area contributed by atoms with Crippen molar-refractivity contribution in [1.29, 1.82) is 0 Å². The lowest BCUT2D eigenvalue weighted by atomic mass is 10.1. The van der Waals surface area contributed by atoms with E-state index >= 15 is 0 Å². The average molecular weight is 1320 g/mol. The Balaban J connectivity index is 0.000000169. The van der Waals surface area contributed by atoms with Crippen LogP contribution in [-0.2, 0) is 68.0 Å². The number of aryl methyl sites for hydroxylation is 2. The van der Waals surface area contributed by atoms with Crippen LogP contribution in [0.25, 0.3) is 42.9 Å². The number of pyridine rings is 2. The van der Waals surface area contributed by atoms with Crippen molar-refractivity contribution in [2.24, 2.45) is 0 Å². The molecule has 2 aliphatic carbocycles. The molecule has 0 amide bonds. The Morgan fingerprint density at radius 1 is 0.602 bits per heavy atom. The Morgan fingerprint density at radius 3 is 1.38 bits per heavy atom. The molecule has 6 aromatic rings.